The molecule has 0 fully saturated rings. The first kappa shape index (κ1) is 13.4. The summed E-state index contributed by atoms with van der Waals surface area (Å²) in [5.74, 6) is -0.745. The maximum absolute atomic E-state index is 11.9. The molecule has 0 bridgehead atoms. The molecule has 0 unspecified atom stereocenters. The number of methoxy groups -OCH3 is 1. The minimum absolute atomic E-state index is 0.0873. The van der Waals surface area contributed by atoms with Gasteiger partial charge < -0.3 is 9.84 Å². The Labute approximate surface area is 116 Å². The van der Waals surface area contributed by atoms with Crippen molar-refractivity contribution < 1.29 is 14.6 Å². The van der Waals surface area contributed by atoms with Crippen LogP contribution in [0.2, 0.25) is 5.02 Å². The highest BCUT2D eigenvalue weighted by Crippen LogP contribution is 2.39. The van der Waals surface area contributed by atoms with E-state index in [0.717, 1.165) is 5.56 Å². The zero-order valence-corrected chi connectivity index (χ0v) is 11.4. The number of hydrogen-bond donors (Lipinski definition) is 1. The molecule has 0 amide bonds. The smallest absolute Gasteiger partial charge is 0.342 e. The number of aromatic hydroxyl groups is 1. The van der Waals surface area contributed by atoms with E-state index in [2.05, 4.69) is 0 Å². The number of carbonyl (C=O) groups excluding carboxylic acids is 1. The van der Waals surface area contributed by atoms with E-state index in [-0.39, 0.29) is 11.3 Å². The number of carbonyl (C=O) groups is 1. The van der Waals surface area contributed by atoms with Gasteiger partial charge in [-0.2, -0.15) is 0 Å². The molecular weight excluding hydrogens is 264 g/mol. The maximum Gasteiger partial charge on any atom is 0.342 e. The second kappa shape index (κ2) is 5.33. The highest BCUT2D eigenvalue weighted by atomic mass is 35.5. The molecule has 4 heteroatoms. The fourth-order valence-electron chi connectivity index (χ4n) is 1.96. The van der Waals surface area contributed by atoms with Crippen molar-refractivity contribution in [3.05, 3.63) is 52.5 Å². The van der Waals surface area contributed by atoms with Crippen LogP contribution in [0.15, 0.2) is 36.4 Å². The number of halogens is 1. The van der Waals surface area contributed by atoms with Gasteiger partial charge >= 0.3 is 5.97 Å². The maximum atomic E-state index is 11.9. The summed E-state index contributed by atoms with van der Waals surface area (Å²) in [5, 5.41) is 10.4. The van der Waals surface area contributed by atoms with Crippen LogP contribution in [0.25, 0.3) is 11.1 Å². The predicted molar refractivity (Wildman–Crippen MR) is 74.6 cm³/mol. The molecule has 0 spiro atoms. The summed E-state index contributed by atoms with van der Waals surface area (Å²) in [5.41, 5.74) is 2.04. The highest BCUT2D eigenvalue weighted by molar-refractivity contribution is 6.35. The third kappa shape index (κ3) is 2.42. The molecular formula is C15H13ClO3. The van der Waals surface area contributed by atoms with Crippen LogP contribution in [-0.2, 0) is 4.74 Å². The van der Waals surface area contributed by atoms with Crippen molar-refractivity contribution in [3.63, 3.8) is 0 Å². The summed E-state index contributed by atoms with van der Waals surface area (Å²) in [6.45, 7) is 1.77. The summed E-state index contributed by atoms with van der Waals surface area (Å²) in [6, 6.07) is 10.7. The molecule has 0 aliphatic rings. The normalized spacial score (nSPS) is 10.3. The van der Waals surface area contributed by atoms with Crippen LogP contribution in [-0.4, -0.2) is 18.2 Å². The fraction of sp³-hybridized carbons (Fsp3) is 0.133. The predicted octanol–water partition coefficient (Wildman–Crippen LogP) is 3.81. The van der Waals surface area contributed by atoms with E-state index in [1.54, 1.807) is 6.92 Å². The van der Waals surface area contributed by atoms with Gasteiger partial charge in [-0.15, -0.1) is 0 Å². The van der Waals surface area contributed by atoms with Crippen molar-refractivity contribution >= 4 is 17.6 Å². The Kier molecular flexibility index (Phi) is 3.76. The minimum atomic E-state index is -0.613. The number of hydrogen-bond acceptors (Lipinski definition) is 3. The Morgan fingerprint density at radius 2 is 1.89 bits per heavy atom. The zero-order chi connectivity index (χ0) is 14.0. The van der Waals surface area contributed by atoms with Crippen molar-refractivity contribution in [1.82, 2.24) is 0 Å². The lowest BCUT2D eigenvalue weighted by Crippen LogP contribution is -2.05. The van der Waals surface area contributed by atoms with Gasteiger partial charge in [0.25, 0.3) is 0 Å². The van der Waals surface area contributed by atoms with Crippen LogP contribution in [0.3, 0.4) is 0 Å². The first-order valence-electron chi connectivity index (χ1n) is 5.72. The standard InChI is InChI=1S/C15H13ClO3/c1-9-8-11(17)13(15(18)19-2)12(14(9)16)10-6-4-3-5-7-10/h3-8,17H,1-2H3. The molecule has 19 heavy (non-hydrogen) atoms. The van der Waals surface area contributed by atoms with Crippen LogP contribution < -0.4 is 0 Å². The molecule has 0 aliphatic carbocycles. The first-order chi connectivity index (χ1) is 9.06. The van der Waals surface area contributed by atoms with E-state index >= 15 is 0 Å². The van der Waals surface area contributed by atoms with Crippen LogP contribution in [0, 0.1) is 6.92 Å². The van der Waals surface area contributed by atoms with E-state index in [4.69, 9.17) is 16.3 Å². The Morgan fingerprint density at radius 1 is 1.26 bits per heavy atom. The quantitative estimate of drug-likeness (QED) is 0.849. The number of phenols is 1. The van der Waals surface area contributed by atoms with E-state index < -0.39 is 5.97 Å². The largest absolute Gasteiger partial charge is 0.507 e. The van der Waals surface area contributed by atoms with Gasteiger partial charge in [-0.3, -0.25) is 0 Å². The molecule has 0 heterocycles. The Bertz CT molecular complexity index is 621. The Morgan fingerprint density at radius 3 is 2.47 bits per heavy atom. The number of benzene rings is 2. The van der Waals surface area contributed by atoms with Crippen LogP contribution >= 0.6 is 11.6 Å². The lowest BCUT2D eigenvalue weighted by molar-refractivity contribution is 0.0598. The monoisotopic (exact) mass is 276 g/mol. The summed E-state index contributed by atoms with van der Waals surface area (Å²) < 4.78 is 4.72. The van der Waals surface area contributed by atoms with Gasteiger partial charge in [0, 0.05) is 5.56 Å². The van der Waals surface area contributed by atoms with E-state index in [9.17, 15) is 9.90 Å². The molecule has 0 aliphatic heterocycles. The molecule has 0 atom stereocenters. The third-order valence-corrected chi connectivity index (χ3v) is 3.36. The van der Waals surface area contributed by atoms with Gasteiger partial charge in [0.1, 0.15) is 11.3 Å². The van der Waals surface area contributed by atoms with Crippen molar-refractivity contribution in [3.8, 4) is 16.9 Å². The van der Waals surface area contributed by atoms with E-state index in [1.165, 1.54) is 13.2 Å². The van der Waals surface area contributed by atoms with Gasteiger partial charge in [0.2, 0.25) is 0 Å². The third-order valence-electron chi connectivity index (χ3n) is 2.88. The van der Waals surface area contributed by atoms with E-state index in [0.29, 0.717) is 16.1 Å². The molecule has 0 aromatic heterocycles. The molecule has 0 radical (unpaired) electrons. The molecule has 2 rings (SSSR count). The zero-order valence-electron chi connectivity index (χ0n) is 10.6. The minimum Gasteiger partial charge on any atom is -0.507 e. The molecule has 0 saturated heterocycles. The molecule has 98 valence electrons. The van der Waals surface area contributed by atoms with Crippen molar-refractivity contribution in [1.29, 1.82) is 0 Å². The Balaban J connectivity index is 2.80. The summed E-state index contributed by atoms with van der Waals surface area (Å²) in [6.07, 6.45) is 0. The second-order valence-corrected chi connectivity index (χ2v) is 4.51. The highest BCUT2D eigenvalue weighted by Gasteiger charge is 2.22. The number of phenolic OH excluding ortho intramolecular Hbond substituents is 1. The number of aryl methyl sites for hydroxylation is 1. The number of esters is 1. The molecule has 3 nitrogen and oxygen atoms in total. The fourth-order valence-corrected chi connectivity index (χ4v) is 2.22. The van der Waals surface area contributed by atoms with Crippen molar-refractivity contribution in [2.75, 3.05) is 7.11 Å². The SMILES string of the molecule is COC(=O)c1c(O)cc(C)c(Cl)c1-c1ccccc1. The van der Waals surface area contributed by atoms with Crippen molar-refractivity contribution in [2.45, 2.75) is 6.92 Å². The van der Waals surface area contributed by atoms with E-state index in [1.807, 2.05) is 30.3 Å². The van der Waals surface area contributed by atoms with Gasteiger partial charge in [-0.25, -0.2) is 4.79 Å². The first-order valence-corrected chi connectivity index (χ1v) is 6.10. The summed E-state index contributed by atoms with van der Waals surface area (Å²) in [7, 11) is 1.27. The second-order valence-electron chi connectivity index (χ2n) is 4.13. The van der Waals surface area contributed by atoms with Crippen LogP contribution in [0.5, 0.6) is 5.75 Å². The lowest BCUT2D eigenvalue weighted by atomic mass is 9.96. The topological polar surface area (TPSA) is 46.5 Å². The average Bonchev–Trinajstić information content (AvgIpc) is 2.42. The molecule has 2 aromatic carbocycles. The molecule has 1 N–H and O–H groups in total. The van der Waals surface area contributed by atoms with Gasteiger partial charge in [0.05, 0.1) is 12.1 Å². The van der Waals surface area contributed by atoms with Gasteiger partial charge in [-0.05, 0) is 24.1 Å². The molecule has 2 aromatic rings. The van der Waals surface area contributed by atoms with Gasteiger partial charge in [-0.1, -0.05) is 41.9 Å². The summed E-state index contributed by atoms with van der Waals surface area (Å²) in [4.78, 5) is 11.9. The van der Waals surface area contributed by atoms with Gasteiger partial charge in [0.15, 0.2) is 0 Å². The summed E-state index contributed by atoms with van der Waals surface area (Å²) >= 11 is 6.29. The van der Waals surface area contributed by atoms with Crippen LogP contribution in [0.1, 0.15) is 15.9 Å². The number of ether oxygens (including phenoxy) is 1. The Hall–Kier alpha value is -2.00. The lowest BCUT2D eigenvalue weighted by Gasteiger charge is -2.14. The average molecular weight is 277 g/mol. The molecule has 0 saturated carbocycles. The number of rotatable bonds is 2. The van der Waals surface area contributed by atoms with Crippen molar-refractivity contribution in [2.24, 2.45) is 0 Å². The van der Waals surface area contributed by atoms with Crippen LogP contribution in [0.4, 0.5) is 0 Å².